The molecule has 4 aromatic carbocycles. The second-order valence-corrected chi connectivity index (χ2v) is 21.1. The number of anilines is 1. The number of hydrogen-bond donors (Lipinski definition) is 5. The third kappa shape index (κ3) is 11.4. The average molecular weight is 989 g/mol. The van der Waals surface area contributed by atoms with Crippen molar-refractivity contribution in [2.75, 3.05) is 32.2 Å². The molecule has 18 heteroatoms. The van der Waals surface area contributed by atoms with E-state index in [4.69, 9.17) is 25.3 Å². The predicted octanol–water partition coefficient (Wildman–Crippen LogP) is 9.40. The SMILES string of the molecule is COc1cc(C(CC(=O)O)c2ccc(C)c(CN(C)[S+](=O)(O)c3ccc(OCCCCCCNC(=O)C[C@@H]4N=C(c5ccc(C)cc5)c5c(sc(C)c5C)N(C(C)=N)C4=N)cc3)c2)cc2nnn(C)c12. The molecule has 5 N–H and O–H groups in total. The van der Waals surface area contributed by atoms with Gasteiger partial charge in [0.05, 0.1) is 38.8 Å². The third-order valence-electron chi connectivity index (χ3n) is 12.8. The van der Waals surface area contributed by atoms with Crippen molar-refractivity contribution in [3.63, 3.8) is 0 Å². The van der Waals surface area contributed by atoms with E-state index in [9.17, 15) is 23.5 Å². The number of aliphatic imine (C=N–C) groups is 1. The summed E-state index contributed by atoms with van der Waals surface area (Å²) in [5.41, 5.74) is 9.10. The van der Waals surface area contributed by atoms with Crippen LogP contribution in [0.4, 0.5) is 5.00 Å². The molecular formula is C52H62N9O7S2+. The number of amides is 1. The average Bonchev–Trinajstić information content (AvgIpc) is 3.81. The molecule has 0 bridgehead atoms. The summed E-state index contributed by atoms with van der Waals surface area (Å²) in [7, 11) is 1.24. The van der Waals surface area contributed by atoms with Crippen LogP contribution in [0, 0.1) is 38.5 Å². The highest BCUT2D eigenvalue weighted by molar-refractivity contribution is 7.95. The molecule has 2 aromatic heterocycles. The van der Waals surface area contributed by atoms with E-state index in [1.807, 2.05) is 82.3 Å². The quantitative estimate of drug-likeness (QED) is 0.0211. The third-order valence-corrected chi connectivity index (χ3v) is 15.8. The number of amidine groups is 2. The summed E-state index contributed by atoms with van der Waals surface area (Å²) in [6.45, 7) is 10.7. The molecular weight excluding hydrogens is 927 g/mol. The fourth-order valence-corrected chi connectivity index (χ4v) is 11.1. The summed E-state index contributed by atoms with van der Waals surface area (Å²) in [4.78, 5) is 33.4. The zero-order chi connectivity index (χ0) is 50.4. The van der Waals surface area contributed by atoms with Gasteiger partial charge in [0.15, 0.2) is 0 Å². The number of methoxy groups -OCH3 is 1. The van der Waals surface area contributed by atoms with Crippen LogP contribution >= 0.6 is 11.3 Å². The molecule has 368 valence electrons. The van der Waals surface area contributed by atoms with Crippen LogP contribution in [0.5, 0.6) is 11.5 Å². The molecule has 2 unspecified atom stereocenters. The number of aryl methyl sites for hydroxylation is 4. The van der Waals surface area contributed by atoms with E-state index >= 15 is 0 Å². The number of rotatable bonds is 20. The summed E-state index contributed by atoms with van der Waals surface area (Å²) in [6, 6.07) is 23.2. The summed E-state index contributed by atoms with van der Waals surface area (Å²) < 4.78 is 39.9. The Morgan fingerprint density at radius 1 is 0.971 bits per heavy atom. The molecule has 3 heterocycles. The molecule has 70 heavy (non-hydrogen) atoms. The molecule has 1 aliphatic heterocycles. The van der Waals surface area contributed by atoms with Gasteiger partial charge in [0.2, 0.25) is 10.8 Å². The molecule has 0 saturated carbocycles. The van der Waals surface area contributed by atoms with Gasteiger partial charge in [-0.15, -0.1) is 16.4 Å². The van der Waals surface area contributed by atoms with Crippen LogP contribution in [0.2, 0.25) is 0 Å². The Morgan fingerprint density at radius 3 is 2.37 bits per heavy atom. The predicted molar refractivity (Wildman–Crippen MR) is 277 cm³/mol. The lowest BCUT2D eigenvalue weighted by Crippen LogP contribution is -2.42. The number of thiophene rings is 1. The molecule has 1 aliphatic rings. The van der Waals surface area contributed by atoms with Gasteiger partial charge < -0.3 is 19.9 Å². The van der Waals surface area contributed by atoms with Crippen LogP contribution in [0.1, 0.15) is 101 Å². The summed E-state index contributed by atoms with van der Waals surface area (Å²) in [6.07, 6.45) is 3.09. The summed E-state index contributed by atoms with van der Waals surface area (Å²) in [5.74, 6) is -0.312. The van der Waals surface area contributed by atoms with Crippen molar-refractivity contribution in [3.05, 3.63) is 128 Å². The van der Waals surface area contributed by atoms with E-state index in [0.29, 0.717) is 41.2 Å². The number of carboxylic acids is 1. The number of carbonyl (C=O) groups is 2. The first-order valence-corrected chi connectivity index (χ1v) is 25.5. The minimum absolute atomic E-state index is 0.00989. The number of ether oxygens (including phenoxy) is 2. The van der Waals surface area contributed by atoms with Crippen LogP contribution in [0.15, 0.2) is 88.8 Å². The second kappa shape index (κ2) is 22.0. The molecule has 0 radical (unpaired) electrons. The Morgan fingerprint density at radius 2 is 1.69 bits per heavy atom. The zero-order valence-corrected chi connectivity index (χ0v) is 42.6. The number of carbonyl (C=O) groups excluding carboxylic acids is 1. The Balaban J connectivity index is 0.886. The van der Waals surface area contributed by atoms with Gasteiger partial charge in [0.1, 0.15) is 45.2 Å². The van der Waals surface area contributed by atoms with Gasteiger partial charge in [-0.05, 0) is 104 Å². The van der Waals surface area contributed by atoms with Crippen LogP contribution in [-0.4, -0.2) is 91.6 Å². The number of nitrogens with zero attached hydrogens (tertiary/aromatic N) is 6. The van der Waals surface area contributed by atoms with Gasteiger partial charge in [0.25, 0.3) is 0 Å². The fraction of sp³-hybridized carbons (Fsp3) is 0.365. The maximum atomic E-state index is 13.9. The van der Waals surface area contributed by atoms with Crippen molar-refractivity contribution in [2.45, 2.75) is 96.5 Å². The van der Waals surface area contributed by atoms with E-state index in [-0.39, 0.29) is 41.9 Å². The summed E-state index contributed by atoms with van der Waals surface area (Å²) >= 11 is 1.54. The molecule has 0 saturated heterocycles. The summed E-state index contributed by atoms with van der Waals surface area (Å²) in [5, 5.41) is 39.8. The largest absolute Gasteiger partial charge is 0.494 e. The molecule has 0 aliphatic carbocycles. The van der Waals surface area contributed by atoms with E-state index in [0.717, 1.165) is 80.2 Å². The van der Waals surface area contributed by atoms with E-state index < -0.39 is 28.3 Å². The van der Waals surface area contributed by atoms with Crippen molar-refractivity contribution in [1.29, 1.82) is 10.8 Å². The Hall–Kier alpha value is -6.60. The van der Waals surface area contributed by atoms with Crippen LogP contribution in [0.25, 0.3) is 11.0 Å². The minimum Gasteiger partial charge on any atom is -0.494 e. The Bertz CT molecular complexity index is 3000. The Kier molecular flexibility index (Phi) is 16.1. The lowest BCUT2D eigenvalue weighted by atomic mass is 9.86. The van der Waals surface area contributed by atoms with Crippen molar-refractivity contribution < 1.29 is 32.9 Å². The number of carboxylic acid groups (broad SMARTS) is 1. The first kappa shape index (κ1) is 51.3. The van der Waals surface area contributed by atoms with E-state index in [2.05, 4.69) is 15.6 Å². The second-order valence-electron chi connectivity index (χ2n) is 17.8. The monoisotopic (exact) mass is 988 g/mol. The number of hydrogen-bond acceptors (Lipinski definition) is 11. The minimum atomic E-state index is -3.65. The normalized spacial score (nSPS) is 15.0. The maximum Gasteiger partial charge on any atom is 0.325 e. The van der Waals surface area contributed by atoms with Crippen LogP contribution in [-0.2, 0) is 37.8 Å². The standard InChI is InChI=1S/C52H61N9O7S2/c1-31-13-16-36(17-14-31)49-48-33(3)34(4)69-52(48)61(35(5)53)51(54)44(56-49)29-46(62)55-23-11-9-10-12-24-68-40-19-21-41(22-20-40)70(65,66)59(6)30-39-25-37(18-15-32(39)2)42(28-47(63)64)38-26-43-50(45(27-38)67-8)60(7)58-57-43/h13-22,25-27,42,44,53-54H,9-12,23-24,28-30H2,1-8H3,(H2-,55,62,63,64,65,66)/p+1/t42?,44-/m0/s1. The first-order chi connectivity index (χ1) is 33.4. The first-order valence-electron chi connectivity index (χ1n) is 23.2. The highest BCUT2D eigenvalue weighted by atomic mass is 32.3. The Labute approximate surface area is 414 Å². The van der Waals surface area contributed by atoms with Gasteiger partial charge in [-0.2, -0.15) is 4.55 Å². The van der Waals surface area contributed by atoms with Gasteiger partial charge >= 0.3 is 16.4 Å². The van der Waals surface area contributed by atoms with Crippen molar-refractivity contribution in [2.24, 2.45) is 12.0 Å². The van der Waals surface area contributed by atoms with Gasteiger partial charge in [0, 0.05) is 54.7 Å². The molecule has 6 aromatic rings. The topological polar surface area (TPSA) is 219 Å². The van der Waals surface area contributed by atoms with Crippen molar-refractivity contribution >= 4 is 67.0 Å². The number of nitrogens with one attached hydrogen (secondary N) is 3. The zero-order valence-electron chi connectivity index (χ0n) is 41.0. The lowest BCUT2D eigenvalue weighted by molar-refractivity contribution is -0.137. The molecule has 16 nitrogen and oxygen atoms in total. The van der Waals surface area contributed by atoms with Crippen LogP contribution in [0.3, 0.4) is 0 Å². The molecule has 1 amide bonds. The van der Waals surface area contributed by atoms with Crippen molar-refractivity contribution in [1.82, 2.24) is 24.6 Å². The maximum absolute atomic E-state index is 13.9. The van der Waals surface area contributed by atoms with E-state index in [1.54, 1.807) is 62.0 Å². The van der Waals surface area contributed by atoms with Crippen molar-refractivity contribution in [3.8, 4) is 11.5 Å². The van der Waals surface area contributed by atoms with Crippen LogP contribution < -0.4 is 19.7 Å². The van der Waals surface area contributed by atoms with E-state index in [1.165, 1.54) is 15.6 Å². The lowest BCUT2D eigenvalue weighted by Gasteiger charge is -2.24. The number of aliphatic carboxylic acids is 1. The fourth-order valence-electron chi connectivity index (χ4n) is 8.67. The molecule has 0 fully saturated rings. The number of aromatic nitrogens is 3. The highest BCUT2D eigenvalue weighted by Gasteiger charge is 2.37. The van der Waals surface area contributed by atoms with Gasteiger partial charge in [-0.3, -0.25) is 30.3 Å². The number of fused-ring (bicyclic) bond motifs is 2. The highest BCUT2D eigenvalue weighted by Crippen LogP contribution is 2.41. The number of unbranched alkanes of at least 4 members (excludes halogenated alkanes) is 3. The van der Waals surface area contributed by atoms with Gasteiger partial charge in [-0.1, -0.05) is 70.4 Å². The smallest absolute Gasteiger partial charge is 0.325 e. The van der Waals surface area contributed by atoms with Gasteiger partial charge in [-0.25, -0.2) is 4.68 Å². The number of benzene rings is 4. The molecule has 3 atom stereocenters. The molecule has 0 spiro atoms. The molecule has 7 rings (SSSR count).